The minimum atomic E-state index is 0.173. The molecular weight excluding hydrogens is 204 g/mol. The second kappa shape index (κ2) is 5.65. The maximum Gasteiger partial charge on any atom is 0.220 e. The van der Waals surface area contributed by atoms with Crippen molar-refractivity contribution in [3.8, 4) is 0 Å². The average Bonchev–Trinajstić information content (AvgIpc) is 2.71. The van der Waals surface area contributed by atoms with E-state index in [0.717, 1.165) is 32.6 Å². The fraction of sp³-hybridized carbons (Fsp3) is 0.636. The first-order chi connectivity index (χ1) is 7.84. The normalized spacial score (nSPS) is 15.8. The van der Waals surface area contributed by atoms with Gasteiger partial charge in [0.15, 0.2) is 0 Å². The Labute approximate surface area is 95.2 Å². The predicted octanol–water partition coefficient (Wildman–Crippen LogP) is -0.00110. The summed E-state index contributed by atoms with van der Waals surface area (Å²) in [4.78, 5) is 11.4. The minimum absolute atomic E-state index is 0.173. The van der Waals surface area contributed by atoms with Gasteiger partial charge in [-0.2, -0.15) is 5.10 Å². The molecule has 88 valence electrons. The molecule has 0 bridgehead atoms. The standard InChI is InChI=1S/C11H18N4O/c16-11(7-10-8-12-9-10)13-3-1-5-15-6-2-4-14-15/h2,4,6,10,12H,1,3,5,7-9H2,(H,13,16). The van der Waals surface area contributed by atoms with Gasteiger partial charge in [0.1, 0.15) is 0 Å². The average molecular weight is 222 g/mol. The van der Waals surface area contributed by atoms with Gasteiger partial charge >= 0.3 is 0 Å². The molecule has 0 saturated carbocycles. The lowest BCUT2D eigenvalue weighted by Crippen LogP contribution is -2.44. The summed E-state index contributed by atoms with van der Waals surface area (Å²) >= 11 is 0. The third-order valence-electron chi connectivity index (χ3n) is 2.79. The van der Waals surface area contributed by atoms with Crippen LogP contribution in [0.15, 0.2) is 18.5 Å². The Morgan fingerprint density at radius 2 is 2.44 bits per heavy atom. The molecule has 0 atom stereocenters. The molecule has 5 heteroatoms. The van der Waals surface area contributed by atoms with Crippen LogP contribution in [0, 0.1) is 5.92 Å². The topological polar surface area (TPSA) is 59.0 Å². The molecule has 1 aromatic rings. The summed E-state index contributed by atoms with van der Waals surface area (Å²) in [5.74, 6) is 0.720. The number of aromatic nitrogens is 2. The van der Waals surface area contributed by atoms with Crippen molar-refractivity contribution in [2.75, 3.05) is 19.6 Å². The number of carbonyl (C=O) groups is 1. The summed E-state index contributed by atoms with van der Waals surface area (Å²) in [5.41, 5.74) is 0. The van der Waals surface area contributed by atoms with Gasteiger partial charge in [-0.3, -0.25) is 9.48 Å². The number of rotatable bonds is 6. The molecule has 5 nitrogen and oxygen atoms in total. The number of aryl methyl sites for hydroxylation is 1. The molecular formula is C11H18N4O. The number of hydrogen-bond acceptors (Lipinski definition) is 3. The highest BCUT2D eigenvalue weighted by molar-refractivity contribution is 5.76. The quantitative estimate of drug-likeness (QED) is 0.666. The summed E-state index contributed by atoms with van der Waals surface area (Å²) in [7, 11) is 0. The molecule has 16 heavy (non-hydrogen) atoms. The lowest BCUT2D eigenvalue weighted by molar-refractivity contribution is -0.122. The molecule has 1 amide bonds. The second-order valence-electron chi connectivity index (χ2n) is 4.20. The Hall–Kier alpha value is -1.36. The zero-order chi connectivity index (χ0) is 11.2. The number of amides is 1. The van der Waals surface area contributed by atoms with Crippen LogP contribution in [0.4, 0.5) is 0 Å². The molecule has 0 unspecified atom stereocenters. The first kappa shape index (κ1) is 11.1. The van der Waals surface area contributed by atoms with Gasteiger partial charge in [-0.25, -0.2) is 0 Å². The number of carbonyl (C=O) groups excluding carboxylic acids is 1. The first-order valence-corrected chi connectivity index (χ1v) is 5.79. The molecule has 1 aliphatic heterocycles. The van der Waals surface area contributed by atoms with Crippen molar-refractivity contribution in [3.63, 3.8) is 0 Å². The van der Waals surface area contributed by atoms with E-state index in [1.54, 1.807) is 6.20 Å². The Kier molecular flexibility index (Phi) is 3.93. The summed E-state index contributed by atoms with van der Waals surface area (Å²) < 4.78 is 1.88. The van der Waals surface area contributed by atoms with Crippen molar-refractivity contribution in [1.29, 1.82) is 0 Å². The van der Waals surface area contributed by atoms with Crippen molar-refractivity contribution in [2.24, 2.45) is 5.92 Å². The molecule has 1 aliphatic rings. The maximum atomic E-state index is 11.4. The van der Waals surface area contributed by atoms with Gasteiger partial charge in [0.2, 0.25) is 5.91 Å². The van der Waals surface area contributed by atoms with Crippen molar-refractivity contribution in [3.05, 3.63) is 18.5 Å². The van der Waals surface area contributed by atoms with Crippen LogP contribution in [0.2, 0.25) is 0 Å². The van der Waals surface area contributed by atoms with Crippen LogP contribution in [0.3, 0.4) is 0 Å². The van der Waals surface area contributed by atoms with E-state index in [4.69, 9.17) is 0 Å². The molecule has 2 heterocycles. The van der Waals surface area contributed by atoms with Crippen LogP contribution >= 0.6 is 0 Å². The Morgan fingerprint density at radius 3 is 3.06 bits per heavy atom. The highest BCUT2D eigenvalue weighted by atomic mass is 16.1. The molecule has 1 fully saturated rings. The Bertz CT molecular complexity index is 319. The van der Waals surface area contributed by atoms with Crippen LogP contribution in [-0.2, 0) is 11.3 Å². The van der Waals surface area contributed by atoms with Gasteiger partial charge in [-0.1, -0.05) is 0 Å². The fourth-order valence-electron chi connectivity index (χ4n) is 1.73. The van der Waals surface area contributed by atoms with E-state index in [-0.39, 0.29) is 5.91 Å². The smallest absolute Gasteiger partial charge is 0.220 e. The molecule has 1 saturated heterocycles. The van der Waals surface area contributed by atoms with E-state index in [2.05, 4.69) is 15.7 Å². The highest BCUT2D eigenvalue weighted by Gasteiger charge is 2.19. The van der Waals surface area contributed by atoms with E-state index >= 15 is 0 Å². The van der Waals surface area contributed by atoms with Crippen LogP contribution in [0.25, 0.3) is 0 Å². The monoisotopic (exact) mass is 222 g/mol. The molecule has 0 aromatic carbocycles. The van der Waals surface area contributed by atoms with Gasteiger partial charge in [0.05, 0.1) is 0 Å². The first-order valence-electron chi connectivity index (χ1n) is 5.79. The number of nitrogens with one attached hydrogen (secondary N) is 2. The van der Waals surface area contributed by atoms with Crippen molar-refractivity contribution in [1.82, 2.24) is 20.4 Å². The lowest BCUT2D eigenvalue weighted by Gasteiger charge is -2.26. The number of nitrogens with zero attached hydrogens (tertiary/aromatic N) is 2. The van der Waals surface area contributed by atoms with Crippen molar-refractivity contribution in [2.45, 2.75) is 19.4 Å². The van der Waals surface area contributed by atoms with Gasteiger partial charge in [-0.05, 0) is 31.5 Å². The van der Waals surface area contributed by atoms with Crippen LogP contribution in [-0.4, -0.2) is 35.3 Å². The molecule has 2 rings (SSSR count). The van der Waals surface area contributed by atoms with Gasteiger partial charge < -0.3 is 10.6 Å². The molecule has 0 radical (unpaired) electrons. The zero-order valence-electron chi connectivity index (χ0n) is 9.35. The fourth-order valence-corrected chi connectivity index (χ4v) is 1.73. The summed E-state index contributed by atoms with van der Waals surface area (Å²) in [5, 5.41) is 10.2. The minimum Gasteiger partial charge on any atom is -0.356 e. The van der Waals surface area contributed by atoms with E-state index < -0.39 is 0 Å². The van der Waals surface area contributed by atoms with Gasteiger partial charge in [-0.15, -0.1) is 0 Å². The van der Waals surface area contributed by atoms with E-state index in [1.165, 1.54) is 0 Å². The Morgan fingerprint density at radius 1 is 1.56 bits per heavy atom. The molecule has 0 aliphatic carbocycles. The molecule has 1 aromatic heterocycles. The Balaban J connectivity index is 1.52. The molecule has 2 N–H and O–H groups in total. The maximum absolute atomic E-state index is 11.4. The summed E-state index contributed by atoms with van der Waals surface area (Å²) in [6.07, 6.45) is 5.29. The third-order valence-corrected chi connectivity index (χ3v) is 2.79. The summed E-state index contributed by atoms with van der Waals surface area (Å²) in [6, 6.07) is 1.90. The van der Waals surface area contributed by atoms with Crippen molar-refractivity contribution < 1.29 is 4.79 Å². The van der Waals surface area contributed by atoms with E-state index in [0.29, 0.717) is 12.3 Å². The predicted molar refractivity (Wildman–Crippen MR) is 60.8 cm³/mol. The third kappa shape index (κ3) is 3.34. The van der Waals surface area contributed by atoms with E-state index in [1.807, 2.05) is 16.9 Å². The van der Waals surface area contributed by atoms with Crippen LogP contribution < -0.4 is 10.6 Å². The molecule has 0 spiro atoms. The number of hydrogen-bond donors (Lipinski definition) is 2. The second-order valence-corrected chi connectivity index (χ2v) is 4.20. The van der Waals surface area contributed by atoms with E-state index in [9.17, 15) is 4.79 Å². The SMILES string of the molecule is O=C(CC1CNC1)NCCCn1cccn1. The lowest BCUT2D eigenvalue weighted by atomic mass is 9.99. The van der Waals surface area contributed by atoms with Crippen LogP contribution in [0.1, 0.15) is 12.8 Å². The zero-order valence-corrected chi connectivity index (χ0v) is 9.35. The van der Waals surface area contributed by atoms with Gasteiger partial charge in [0.25, 0.3) is 0 Å². The van der Waals surface area contributed by atoms with Crippen LogP contribution in [0.5, 0.6) is 0 Å². The highest BCUT2D eigenvalue weighted by Crippen LogP contribution is 2.07. The van der Waals surface area contributed by atoms with Gasteiger partial charge in [0, 0.05) is 31.9 Å². The van der Waals surface area contributed by atoms with Crippen molar-refractivity contribution >= 4 is 5.91 Å². The largest absolute Gasteiger partial charge is 0.356 e. The summed E-state index contributed by atoms with van der Waals surface area (Å²) in [6.45, 7) is 3.57.